The number of hydrogen-bond acceptors (Lipinski definition) is 5. The number of carbonyl (C=O) groups is 4. The number of hydrogen-bond donors (Lipinski definition) is 1. The molecule has 1 saturated carbocycles. The number of rotatable bonds is 4. The van der Waals surface area contributed by atoms with Gasteiger partial charge < -0.3 is 9.30 Å². The van der Waals surface area contributed by atoms with Crippen molar-refractivity contribution in [1.82, 2.24) is 14.8 Å². The van der Waals surface area contributed by atoms with Gasteiger partial charge in [0.1, 0.15) is 5.57 Å². The third-order valence-corrected chi connectivity index (χ3v) is 6.54. The summed E-state index contributed by atoms with van der Waals surface area (Å²) >= 11 is 0. The Hall–Kier alpha value is -3.68. The largest absolute Gasteiger partial charge is 0.465 e. The topological polar surface area (TPSA) is 97.7 Å². The van der Waals surface area contributed by atoms with Crippen molar-refractivity contribution in [2.75, 3.05) is 7.11 Å². The van der Waals surface area contributed by atoms with Gasteiger partial charge in [0.25, 0.3) is 11.8 Å². The standard InChI is InChI=1S/C25H27N3O5/c1-14-12-17(16(3)27(14)21-11-7-10-19(15(21)2)24(31)33-4)13-20-22(29)26-25(32)28(23(20)30)18-8-5-6-9-18/h7,10-13,18H,5-6,8-9H2,1-4H3,(H,26,29,32)/b20-13+. The smallest absolute Gasteiger partial charge is 0.338 e. The van der Waals surface area contributed by atoms with Gasteiger partial charge in [0.2, 0.25) is 0 Å². The summed E-state index contributed by atoms with van der Waals surface area (Å²) in [4.78, 5) is 51.4. The molecule has 1 N–H and O–H groups in total. The zero-order valence-corrected chi connectivity index (χ0v) is 19.2. The summed E-state index contributed by atoms with van der Waals surface area (Å²) in [7, 11) is 1.34. The van der Waals surface area contributed by atoms with Gasteiger partial charge in [-0.05, 0) is 69.0 Å². The second-order valence-corrected chi connectivity index (χ2v) is 8.53. The summed E-state index contributed by atoms with van der Waals surface area (Å²) in [6.07, 6.45) is 4.97. The molecule has 0 radical (unpaired) electrons. The van der Waals surface area contributed by atoms with Crippen LogP contribution in [0.4, 0.5) is 4.79 Å². The summed E-state index contributed by atoms with van der Waals surface area (Å²) in [6.45, 7) is 5.65. The summed E-state index contributed by atoms with van der Waals surface area (Å²) in [5, 5.41) is 2.32. The van der Waals surface area contributed by atoms with E-state index in [9.17, 15) is 19.2 Å². The van der Waals surface area contributed by atoms with Crippen LogP contribution in [0, 0.1) is 20.8 Å². The lowest BCUT2D eigenvalue weighted by Gasteiger charge is -2.31. The highest BCUT2D eigenvalue weighted by molar-refractivity contribution is 6.31. The molecule has 1 aliphatic carbocycles. The number of carbonyl (C=O) groups excluding carboxylic acids is 4. The first-order valence-corrected chi connectivity index (χ1v) is 11.0. The van der Waals surface area contributed by atoms with E-state index in [0.29, 0.717) is 11.1 Å². The van der Waals surface area contributed by atoms with Crippen LogP contribution in [0.15, 0.2) is 29.8 Å². The monoisotopic (exact) mass is 449 g/mol. The quantitative estimate of drug-likeness (QED) is 0.437. The highest BCUT2D eigenvalue weighted by Crippen LogP contribution is 2.30. The Labute approximate surface area is 192 Å². The molecule has 8 heteroatoms. The highest BCUT2D eigenvalue weighted by atomic mass is 16.5. The number of nitrogens with zero attached hydrogens (tertiary/aromatic N) is 2. The molecule has 0 atom stereocenters. The first kappa shape index (κ1) is 22.5. The summed E-state index contributed by atoms with van der Waals surface area (Å²) in [6, 6.07) is 6.46. The molecule has 2 heterocycles. The van der Waals surface area contributed by atoms with Gasteiger partial charge in [0.05, 0.1) is 12.7 Å². The molecule has 2 fully saturated rings. The van der Waals surface area contributed by atoms with E-state index in [2.05, 4.69) is 5.32 Å². The molecule has 1 aliphatic heterocycles. The number of ether oxygens (including phenoxy) is 1. The average Bonchev–Trinajstić information content (AvgIpc) is 3.39. The third kappa shape index (κ3) is 3.86. The number of aromatic nitrogens is 1. The average molecular weight is 450 g/mol. The van der Waals surface area contributed by atoms with Gasteiger partial charge in [0, 0.05) is 23.1 Å². The first-order chi connectivity index (χ1) is 15.7. The molecule has 2 aliphatic rings. The zero-order chi connectivity index (χ0) is 23.9. The Balaban J connectivity index is 1.76. The van der Waals surface area contributed by atoms with Crippen LogP contribution in [0.2, 0.25) is 0 Å². The van der Waals surface area contributed by atoms with Crippen molar-refractivity contribution < 1.29 is 23.9 Å². The van der Waals surface area contributed by atoms with E-state index in [-0.39, 0.29) is 11.6 Å². The van der Waals surface area contributed by atoms with Crippen LogP contribution in [0.25, 0.3) is 11.8 Å². The molecule has 2 aromatic rings. The second-order valence-electron chi connectivity index (χ2n) is 8.53. The molecule has 33 heavy (non-hydrogen) atoms. The molecule has 1 aromatic heterocycles. The second kappa shape index (κ2) is 8.69. The van der Waals surface area contributed by atoms with E-state index in [1.165, 1.54) is 12.0 Å². The molecular formula is C25H27N3O5. The van der Waals surface area contributed by atoms with Crippen molar-refractivity contribution >= 4 is 29.9 Å². The van der Waals surface area contributed by atoms with Crippen LogP contribution in [-0.4, -0.2) is 46.4 Å². The Morgan fingerprint density at radius 2 is 1.82 bits per heavy atom. The zero-order valence-electron chi connectivity index (χ0n) is 19.2. The van der Waals surface area contributed by atoms with Gasteiger partial charge in [-0.15, -0.1) is 0 Å². The van der Waals surface area contributed by atoms with Crippen molar-refractivity contribution in [1.29, 1.82) is 0 Å². The molecule has 4 rings (SSSR count). The molecule has 8 nitrogen and oxygen atoms in total. The van der Waals surface area contributed by atoms with Crippen LogP contribution in [-0.2, 0) is 14.3 Å². The van der Waals surface area contributed by atoms with Crippen LogP contribution in [0.1, 0.15) is 58.6 Å². The van der Waals surface area contributed by atoms with Gasteiger partial charge in [-0.3, -0.25) is 19.8 Å². The molecule has 0 unspecified atom stereocenters. The maximum atomic E-state index is 13.1. The number of esters is 1. The van der Waals surface area contributed by atoms with Crippen molar-refractivity contribution in [2.45, 2.75) is 52.5 Å². The molecule has 1 saturated heterocycles. The minimum absolute atomic E-state index is 0.0539. The maximum absolute atomic E-state index is 13.1. The number of nitrogens with one attached hydrogen (secondary N) is 1. The fraction of sp³-hybridized carbons (Fsp3) is 0.360. The maximum Gasteiger partial charge on any atom is 0.338 e. The number of aryl methyl sites for hydroxylation is 1. The minimum atomic E-state index is -0.687. The molecule has 1 aromatic carbocycles. The third-order valence-electron chi connectivity index (χ3n) is 6.54. The molecule has 0 spiro atoms. The Kier molecular flexibility index (Phi) is 5.93. The first-order valence-electron chi connectivity index (χ1n) is 11.0. The van der Waals surface area contributed by atoms with Gasteiger partial charge in [-0.2, -0.15) is 0 Å². The summed E-state index contributed by atoms with van der Waals surface area (Å²) < 4.78 is 6.86. The van der Waals surface area contributed by atoms with Gasteiger partial charge in [0.15, 0.2) is 0 Å². The Morgan fingerprint density at radius 1 is 1.12 bits per heavy atom. The van der Waals surface area contributed by atoms with E-state index in [1.54, 1.807) is 18.2 Å². The van der Waals surface area contributed by atoms with Gasteiger partial charge in [-0.25, -0.2) is 9.59 Å². The van der Waals surface area contributed by atoms with E-state index in [1.807, 2.05) is 37.5 Å². The van der Waals surface area contributed by atoms with E-state index in [4.69, 9.17) is 4.74 Å². The van der Waals surface area contributed by atoms with Crippen LogP contribution < -0.4 is 5.32 Å². The fourth-order valence-electron chi connectivity index (χ4n) is 4.82. The summed E-state index contributed by atoms with van der Waals surface area (Å²) in [5.74, 6) is -1.66. The van der Waals surface area contributed by atoms with E-state index < -0.39 is 23.8 Å². The lowest BCUT2D eigenvalue weighted by Crippen LogP contribution is -2.57. The van der Waals surface area contributed by atoms with Crippen LogP contribution >= 0.6 is 0 Å². The highest BCUT2D eigenvalue weighted by Gasteiger charge is 2.40. The molecule has 0 bridgehead atoms. The Bertz CT molecular complexity index is 1200. The van der Waals surface area contributed by atoms with E-state index in [0.717, 1.165) is 48.3 Å². The lowest BCUT2D eigenvalue weighted by molar-refractivity contribution is -0.131. The number of methoxy groups -OCH3 is 1. The van der Waals surface area contributed by atoms with Crippen molar-refractivity contribution in [2.24, 2.45) is 0 Å². The van der Waals surface area contributed by atoms with Crippen LogP contribution in [0.3, 0.4) is 0 Å². The fourth-order valence-corrected chi connectivity index (χ4v) is 4.82. The SMILES string of the molecule is COC(=O)c1cccc(-n2c(C)cc(/C=C3\C(=O)NC(=O)N(C4CCCC4)C3=O)c2C)c1C. The van der Waals surface area contributed by atoms with Crippen LogP contribution in [0.5, 0.6) is 0 Å². The Morgan fingerprint density at radius 3 is 2.48 bits per heavy atom. The predicted octanol–water partition coefficient (Wildman–Crippen LogP) is 3.59. The van der Waals surface area contributed by atoms with Crippen molar-refractivity contribution in [3.05, 3.63) is 57.9 Å². The normalized spacial score (nSPS) is 18.2. The molecule has 172 valence electrons. The van der Waals surface area contributed by atoms with Gasteiger partial charge >= 0.3 is 12.0 Å². The van der Waals surface area contributed by atoms with Crippen molar-refractivity contribution in [3.63, 3.8) is 0 Å². The number of imide groups is 2. The van der Waals surface area contributed by atoms with Gasteiger partial charge in [-0.1, -0.05) is 18.9 Å². The molecular weight excluding hydrogens is 422 g/mol. The summed E-state index contributed by atoms with van der Waals surface area (Å²) in [5.41, 5.74) is 4.34. The molecule has 4 amide bonds. The van der Waals surface area contributed by atoms with Crippen molar-refractivity contribution in [3.8, 4) is 5.69 Å². The minimum Gasteiger partial charge on any atom is -0.465 e. The number of barbiturate groups is 1. The number of benzene rings is 1. The lowest BCUT2D eigenvalue weighted by atomic mass is 10.0. The number of urea groups is 1. The predicted molar refractivity (Wildman–Crippen MR) is 122 cm³/mol. The van der Waals surface area contributed by atoms with E-state index >= 15 is 0 Å². The number of amides is 4.